The third-order valence-corrected chi connectivity index (χ3v) is 7.74. The molecule has 0 amide bonds. The first-order valence-electron chi connectivity index (χ1n) is 11.9. The van der Waals surface area contributed by atoms with Gasteiger partial charge >= 0.3 is 0 Å². The minimum atomic E-state index is -0.970. The van der Waals surface area contributed by atoms with Crippen molar-refractivity contribution >= 4 is 5.78 Å². The molecule has 0 radical (unpaired) electrons. The number of carbonyl (C=O) groups is 1. The van der Waals surface area contributed by atoms with Crippen LogP contribution in [0.2, 0.25) is 0 Å². The summed E-state index contributed by atoms with van der Waals surface area (Å²) in [5.41, 5.74) is -2.80. The second-order valence-corrected chi connectivity index (χ2v) is 11.2. The van der Waals surface area contributed by atoms with Crippen molar-refractivity contribution in [3.63, 3.8) is 0 Å². The molecule has 13 nitrogen and oxygen atoms in total. The van der Waals surface area contributed by atoms with Crippen LogP contribution in [-0.4, -0.2) is 44.3 Å². The quantitative estimate of drug-likeness (QED) is 0.274. The van der Waals surface area contributed by atoms with Crippen LogP contribution in [0.15, 0.2) is 15.5 Å². The largest absolute Gasteiger partial charge is 0.299 e. The molecule has 3 aliphatic carbocycles. The molecule has 3 aliphatic rings. The zero-order valence-corrected chi connectivity index (χ0v) is 21.2. The van der Waals surface area contributed by atoms with Gasteiger partial charge < -0.3 is 0 Å². The number of hydrogen-bond acceptors (Lipinski definition) is 11. The van der Waals surface area contributed by atoms with E-state index in [4.69, 9.17) is 0 Å². The van der Waals surface area contributed by atoms with Gasteiger partial charge in [-0.25, -0.2) is 0 Å². The first kappa shape index (κ1) is 30.3. The van der Waals surface area contributed by atoms with E-state index in [0.717, 1.165) is 32.1 Å². The molecule has 13 heteroatoms. The molecule has 0 bridgehead atoms. The number of rotatable bonds is 5. The highest BCUT2D eigenvalue weighted by Crippen LogP contribution is 2.39. The third-order valence-electron chi connectivity index (χ3n) is 7.74. The van der Waals surface area contributed by atoms with E-state index in [1.165, 1.54) is 0 Å². The lowest BCUT2D eigenvalue weighted by atomic mass is 9.69. The fourth-order valence-corrected chi connectivity index (χ4v) is 4.78. The van der Waals surface area contributed by atoms with Crippen LogP contribution in [0.4, 0.5) is 0 Å². The van der Waals surface area contributed by atoms with Gasteiger partial charge in [-0.3, -0.25) is 25.0 Å². The molecule has 0 aromatic rings. The molecule has 0 aromatic carbocycles. The first-order valence-corrected chi connectivity index (χ1v) is 11.9. The predicted molar refractivity (Wildman–Crippen MR) is 129 cm³/mol. The van der Waals surface area contributed by atoms with Gasteiger partial charge in [-0.2, -0.15) is 4.91 Å². The van der Waals surface area contributed by atoms with E-state index in [2.05, 4.69) is 15.5 Å². The maximum atomic E-state index is 11.5. The van der Waals surface area contributed by atoms with Gasteiger partial charge in [-0.15, -0.1) is 9.81 Å². The Morgan fingerprint density at radius 1 is 0.714 bits per heavy atom. The summed E-state index contributed by atoms with van der Waals surface area (Å²) in [4.78, 5) is 62.8. The number of Topliss-reactive ketones (excluding diaryl/α,β-unsaturated/α-hetero) is 1. The van der Waals surface area contributed by atoms with Crippen LogP contribution in [0.1, 0.15) is 98.8 Å². The van der Waals surface area contributed by atoms with Gasteiger partial charge in [-0.1, -0.05) is 35.8 Å². The Morgan fingerprint density at radius 3 is 1.54 bits per heavy atom. The van der Waals surface area contributed by atoms with Crippen LogP contribution in [0.5, 0.6) is 0 Å². The van der Waals surface area contributed by atoms with E-state index in [-0.39, 0.29) is 16.1 Å². The standard InChI is InChI=1S/C9H15NO2.C7H12N2O3.C6H10N2O3/c1-8(2)4-5-9(3,10-12)6-7(8)11;1-7(8-10)5-3-2-4-6(7)9(11)12;1-6(7-9)4-2-3-5(6)8(10)11/h4-6H2,1-3H3;6H,2-5H2,1H3;5H,2-4H2,1H3. The molecule has 0 N–H and O–H groups in total. The van der Waals surface area contributed by atoms with E-state index in [1.807, 2.05) is 13.8 Å². The summed E-state index contributed by atoms with van der Waals surface area (Å²) < 4.78 is 0. The topological polar surface area (TPSA) is 192 Å². The van der Waals surface area contributed by atoms with Gasteiger partial charge in [0.2, 0.25) is 12.1 Å². The second kappa shape index (κ2) is 11.8. The molecule has 3 rings (SSSR count). The summed E-state index contributed by atoms with van der Waals surface area (Å²) in [6.07, 6.45) is 6.29. The lowest BCUT2D eigenvalue weighted by molar-refractivity contribution is -0.536. The number of ketones is 1. The molecule has 0 aliphatic heterocycles. The van der Waals surface area contributed by atoms with Gasteiger partial charge in [0.25, 0.3) is 0 Å². The summed E-state index contributed by atoms with van der Waals surface area (Å²) in [7, 11) is 0. The highest BCUT2D eigenvalue weighted by atomic mass is 16.6. The van der Waals surface area contributed by atoms with Gasteiger partial charge in [0.1, 0.15) is 11.3 Å². The maximum absolute atomic E-state index is 11.5. The second-order valence-electron chi connectivity index (χ2n) is 11.2. The number of nitrogens with zero attached hydrogens (tertiary/aromatic N) is 5. The average Bonchev–Trinajstić information content (AvgIpc) is 3.20. The van der Waals surface area contributed by atoms with Crippen molar-refractivity contribution in [3.05, 3.63) is 34.9 Å². The molecule has 5 atom stereocenters. The van der Waals surface area contributed by atoms with Crippen molar-refractivity contribution < 1.29 is 14.6 Å². The van der Waals surface area contributed by atoms with Gasteiger partial charge in [-0.05, 0) is 59.3 Å². The molecular formula is C22H37N5O8. The molecule has 0 aromatic heterocycles. The molecule has 3 saturated carbocycles. The Kier molecular flexibility index (Phi) is 10.2. The van der Waals surface area contributed by atoms with Crippen molar-refractivity contribution in [3.8, 4) is 0 Å². The number of nitroso groups, excluding NO2 is 3. The number of hydrogen-bond donors (Lipinski definition) is 0. The van der Waals surface area contributed by atoms with Crippen LogP contribution >= 0.6 is 0 Å². The van der Waals surface area contributed by atoms with Crippen molar-refractivity contribution in [2.75, 3.05) is 0 Å². The highest BCUT2D eigenvalue weighted by Gasteiger charge is 2.49. The Morgan fingerprint density at radius 2 is 1.17 bits per heavy atom. The van der Waals surface area contributed by atoms with Crippen LogP contribution in [0.25, 0.3) is 0 Å². The van der Waals surface area contributed by atoms with Crippen molar-refractivity contribution in [1.29, 1.82) is 0 Å². The summed E-state index contributed by atoms with van der Waals surface area (Å²) in [5.74, 6) is 0.163. The highest BCUT2D eigenvalue weighted by molar-refractivity contribution is 5.86. The van der Waals surface area contributed by atoms with E-state index in [0.29, 0.717) is 32.1 Å². The van der Waals surface area contributed by atoms with Crippen molar-refractivity contribution in [1.82, 2.24) is 0 Å². The minimum Gasteiger partial charge on any atom is -0.299 e. The van der Waals surface area contributed by atoms with E-state index < -0.39 is 33.6 Å². The molecule has 198 valence electrons. The molecule has 0 saturated heterocycles. The molecule has 0 heterocycles. The Bertz CT molecular complexity index is 837. The van der Waals surface area contributed by atoms with Gasteiger partial charge in [0.05, 0.1) is 0 Å². The lowest BCUT2D eigenvalue weighted by Gasteiger charge is -2.35. The van der Waals surface area contributed by atoms with Crippen LogP contribution in [-0.2, 0) is 4.79 Å². The van der Waals surface area contributed by atoms with E-state index in [1.54, 1.807) is 20.8 Å². The number of nitro groups is 2. The lowest BCUT2D eigenvalue weighted by Crippen LogP contribution is -2.45. The summed E-state index contributed by atoms with van der Waals surface area (Å²) in [5, 5.41) is 29.7. The number of carbonyl (C=O) groups excluding carboxylic acids is 1. The SMILES string of the molecule is CC1(N=O)CCC(C)(C)C(=O)C1.CC1(N=O)CCCC1[N+](=O)[O-].CC1(N=O)CCCCC1[N+](=O)[O-]. The monoisotopic (exact) mass is 499 g/mol. The Hall–Kier alpha value is -2.73. The smallest absolute Gasteiger partial charge is 0.241 e. The normalized spacial score (nSPS) is 35.9. The predicted octanol–water partition coefficient (Wildman–Crippen LogP) is 5.36. The zero-order chi connectivity index (χ0) is 27.1. The summed E-state index contributed by atoms with van der Waals surface area (Å²) in [6.45, 7) is 8.75. The third kappa shape index (κ3) is 7.63. The maximum Gasteiger partial charge on any atom is 0.241 e. The van der Waals surface area contributed by atoms with Crippen molar-refractivity contribution in [2.45, 2.75) is 128 Å². The molecular weight excluding hydrogens is 462 g/mol. The summed E-state index contributed by atoms with van der Waals surface area (Å²) >= 11 is 0. The molecule has 0 spiro atoms. The Balaban J connectivity index is 0.000000263. The Labute approximate surface area is 204 Å². The van der Waals surface area contributed by atoms with Gasteiger partial charge in [0, 0.05) is 34.5 Å². The fourth-order valence-electron chi connectivity index (χ4n) is 4.78. The van der Waals surface area contributed by atoms with Crippen LogP contribution in [0.3, 0.4) is 0 Å². The molecule has 35 heavy (non-hydrogen) atoms. The fraction of sp³-hybridized carbons (Fsp3) is 0.955. The summed E-state index contributed by atoms with van der Waals surface area (Å²) in [6, 6.07) is -1.54. The van der Waals surface area contributed by atoms with E-state index >= 15 is 0 Å². The van der Waals surface area contributed by atoms with Crippen molar-refractivity contribution in [2.24, 2.45) is 20.9 Å². The van der Waals surface area contributed by atoms with Crippen LogP contribution < -0.4 is 0 Å². The molecule has 5 unspecified atom stereocenters. The average molecular weight is 500 g/mol. The first-order chi connectivity index (χ1) is 16.1. The minimum absolute atomic E-state index is 0.163. The van der Waals surface area contributed by atoms with E-state index in [9.17, 15) is 39.7 Å². The molecule has 3 fully saturated rings. The van der Waals surface area contributed by atoms with Crippen LogP contribution in [0, 0.1) is 40.4 Å². The van der Waals surface area contributed by atoms with Gasteiger partial charge in [0.15, 0.2) is 11.1 Å². The zero-order valence-electron chi connectivity index (χ0n) is 21.2.